The molecule has 4 nitrogen and oxygen atoms in total. The summed E-state index contributed by atoms with van der Waals surface area (Å²) in [5.41, 5.74) is 5.82. The molecule has 5 heteroatoms. The van der Waals surface area contributed by atoms with Crippen LogP contribution in [0.3, 0.4) is 0 Å². The molecule has 2 N–H and O–H groups in total. The quantitative estimate of drug-likeness (QED) is 0.392. The molecule has 0 aliphatic carbocycles. The Morgan fingerprint density at radius 1 is 0.938 bits per heavy atom. The molecule has 1 atom stereocenters. The molecule has 1 unspecified atom stereocenters. The lowest BCUT2D eigenvalue weighted by molar-refractivity contribution is 0.0869. The smallest absolute Gasteiger partial charge is 0.0919 e. The highest BCUT2D eigenvalue weighted by Crippen LogP contribution is 2.27. The average molecular weight is 446 g/mol. The van der Waals surface area contributed by atoms with Gasteiger partial charge in [-0.1, -0.05) is 60.1 Å². The van der Waals surface area contributed by atoms with Gasteiger partial charge in [-0.2, -0.15) is 0 Å². The fourth-order valence-corrected chi connectivity index (χ4v) is 5.92. The highest BCUT2D eigenvalue weighted by atomic mass is 32.1. The van der Waals surface area contributed by atoms with E-state index >= 15 is 0 Å². The maximum Gasteiger partial charge on any atom is 0.0919 e. The minimum atomic E-state index is -0.414. The summed E-state index contributed by atoms with van der Waals surface area (Å²) in [6.45, 7) is 5.92. The lowest BCUT2D eigenvalue weighted by Gasteiger charge is -2.33. The first-order valence-electron chi connectivity index (χ1n) is 11.5. The number of rotatable bonds is 5. The Balaban J connectivity index is 1.30. The summed E-state index contributed by atoms with van der Waals surface area (Å²) in [4.78, 5) is 6.04. The maximum absolute atomic E-state index is 10.8. The van der Waals surface area contributed by atoms with E-state index in [1.54, 1.807) is 0 Å². The number of aromatic amines is 1. The van der Waals surface area contributed by atoms with Gasteiger partial charge in [-0.15, -0.1) is 0 Å². The first-order valence-corrected chi connectivity index (χ1v) is 12.3. The summed E-state index contributed by atoms with van der Waals surface area (Å²) >= 11 is 1.84. The Morgan fingerprint density at radius 3 is 2.44 bits per heavy atom. The van der Waals surface area contributed by atoms with Crippen LogP contribution in [0.25, 0.3) is 21.3 Å². The zero-order chi connectivity index (χ0) is 21.9. The Bertz CT molecular complexity index is 1240. The zero-order valence-corrected chi connectivity index (χ0v) is 19.4. The number of aliphatic hydroxyl groups is 1. The normalized spacial score (nSPS) is 16.4. The van der Waals surface area contributed by atoms with Gasteiger partial charge in [-0.25, -0.2) is 0 Å². The van der Waals surface area contributed by atoms with E-state index in [1.807, 2.05) is 29.7 Å². The van der Waals surface area contributed by atoms with Gasteiger partial charge < -0.3 is 15.0 Å². The highest BCUT2D eigenvalue weighted by Gasteiger charge is 2.22. The molecule has 2 heterocycles. The maximum atomic E-state index is 10.8. The van der Waals surface area contributed by atoms with Crippen LogP contribution < -0.4 is 0 Å². The topological polar surface area (TPSA) is 44.2 Å². The first kappa shape index (κ1) is 21.3. The molecule has 32 heavy (non-hydrogen) atoms. The number of aromatic nitrogens is 2. The van der Waals surface area contributed by atoms with Gasteiger partial charge in [-0.3, -0.25) is 3.96 Å². The third-order valence-electron chi connectivity index (χ3n) is 6.65. The molecule has 1 aliphatic rings. The third kappa shape index (κ3) is 4.60. The van der Waals surface area contributed by atoms with Crippen molar-refractivity contribution in [2.24, 2.45) is 5.92 Å². The summed E-state index contributed by atoms with van der Waals surface area (Å²) in [6.07, 6.45) is 1.91. The van der Waals surface area contributed by atoms with Gasteiger partial charge in [0.2, 0.25) is 0 Å². The standard InChI is InChI=1S/C27H31N3OS/c1-20-8-2-3-9-22(20)26(31)19-29-16-14-21(15-17-29)18-30-25-12-6-4-10-23(25)28-24-11-5-7-13-27(24)32-30/h2-13,21,26,28,31H,14-19H2,1H3. The monoisotopic (exact) mass is 445 g/mol. The van der Waals surface area contributed by atoms with Gasteiger partial charge in [0, 0.05) is 13.1 Å². The Kier molecular flexibility index (Phi) is 6.30. The number of nitrogens with one attached hydrogen (secondary N) is 1. The van der Waals surface area contributed by atoms with E-state index in [4.69, 9.17) is 0 Å². The molecule has 3 aromatic carbocycles. The van der Waals surface area contributed by atoms with Crippen molar-refractivity contribution in [3.63, 3.8) is 0 Å². The summed E-state index contributed by atoms with van der Waals surface area (Å²) < 4.78 is 3.74. The largest absolute Gasteiger partial charge is 0.387 e. The van der Waals surface area contributed by atoms with E-state index in [-0.39, 0.29) is 0 Å². The Morgan fingerprint density at radius 2 is 1.62 bits per heavy atom. The molecule has 0 spiro atoms. The number of aryl methyl sites for hydroxylation is 1. The van der Waals surface area contributed by atoms with E-state index in [0.29, 0.717) is 5.92 Å². The number of hydrogen-bond donors (Lipinski definition) is 2. The van der Waals surface area contributed by atoms with Crippen molar-refractivity contribution in [1.82, 2.24) is 13.8 Å². The fourth-order valence-electron chi connectivity index (χ4n) is 4.78. The lowest BCUT2D eigenvalue weighted by Crippen LogP contribution is -2.37. The lowest BCUT2D eigenvalue weighted by atomic mass is 9.95. The summed E-state index contributed by atoms with van der Waals surface area (Å²) in [7, 11) is 0. The minimum Gasteiger partial charge on any atom is -0.387 e. The Labute approximate surface area is 193 Å². The van der Waals surface area contributed by atoms with Crippen LogP contribution in [-0.4, -0.2) is 38.6 Å². The van der Waals surface area contributed by atoms with Gasteiger partial charge in [0.15, 0.2) is 0 Å². The minimum absolute atomic E-state index is 0.414. The van der Waals surface area contributed by atoms with Gasteiger partial charge >= 0.3 is 0 Å². The highest BCUT2D eigenvalue weighted by molar-refractivity contribution is 7.13. The van der Waals surface area contributed by atoms with E-state index in [0.717, 1.165) is 44.6 Å². The van der Waals surface area contributed by atoms with E-state index < -0.39 is 6.10 Å². The number of fused-ring (bicyclic) bond motifs is 2. The van der Waals surface area contributed by atoms with Crippen LogP contribution in [-0.2, 0) is 6.54 Å². The fraction of sp³-hybridized carbons (Fsp3) is 0.333. The van der Waals surface area contributed by atoms with Crippen LogP contribution >= 0.6 is 11.5 Å². The van der Waals surface area contributed by atoms with Crippen LogP contribution in [0.4, 0.5) is 0 Å². The Hall–Kier alpha value is -2.60. The molecule has 0 bridgehead atoms. The van der Waals surface area contributed by atoms with Crippen molar-refractivity contribution >= 4 is 32.8 Å². The number of likely N-dealkylation sites (tertiary alicyclic amines) is 1. The van der Waals surface area contributed by atoms with Crippen LogP contribution in [0, 0.1) is 12.8 Å². The molecule has 166 valence electrons. The van der Waals surface area contributed by atoms with Gasteiger partial charge in [0.1, 0.15) is 0 Å². The number of β-amino-alcohol motifs (C(OH)–C–C–N with tert-alkyl or cyclic N) is 1. The molecule has 0 radical (unpaired) electrons. The molecule has 0 saturated carbocycles. The van der Waals surface area contributed by atoms with Gasteiger partial charge in [0.05, 0.1) is 27.4 Å². The molecule has 1 fully saturated rings. The van der Waals surface area contributed by atoms with Crippen molar-refractivity contribution in [2.45, 2.75) is 32.4 Å². The van der Waals surface area contributed by atoms with Crippen LogP contribution in [0.2, 0.25) is 0 Å². The summed E-state index contributed by atoms with van der Waals surface area (Å²) in [6, 6.07) is 25.3. The molecule has 1 saturated heterocycles. The zero-order valence-electron chi connectivity index (χ0n) is 18.6. The van der Waals surface area contributed by atoms with Gasteiger partial charge in [0.25, 0.3) is 0 Å². The second kappa shape index (κ2) is 9.49. The summed E-state index contributed by atoms with van der Waals surface area (Å²) in [5.74, 6) is 0.646. The van der Waals surface area contributed by atoms with Crippen molar-refractivity contribution in [1.29, 1.82) is 0 Å². The number of para-hydroxylation sites is 3. The molecule has 1 aromatic heterocycles. The number of nitrogens with zero attached hydrogens (tertiary/aromatic N) is 2. The van der Waals surface area contributed by atoms with E-state index in [9.17, 15) is 5.11 Å². The van der Waals surface area contributed by atoms with E-state index in [2.05, 4.69) is 75.4 Å². The number of benzene rings is 3. The summed E-state index contributed by atoms with van der Waals surface area (Å²) in [5, 5.41) is 10.8. The number of piperidine rings is 1. The number of H-pyrrole nitrogens is 1. The third-order valence-corrected chi connectivity index (χ3v) is 7.77. The molecule has 1 aliphatic heterocycles. The second-order valence-corrected chi connectivity index (χ2v) is 9.97. The van der Waals surface area contributed by atoms with Crippen molar-refractivity contribution in [3.05, 3.63) is 83.9 Å². The molecule has 4 aromatic rings. The van der Waals surface area contributed by atoms with Gasteiger partial charge in [-0.05, 0) is 74.2 Å². The van der Waals surface area contributed by atoms with E-state index in [1.165, 1.54) is 26.8 Å². The van der Waals surface area contributed by atoms with Crippen molar-refractivity contribution in [2.75, 3.05) is 19.6 Å². The predicted molar refractivity (Wildman–Crippen MR) is 135 cm³/mol. The predicted octanol–water partition coefficient (Wildman–Crippen LogP) is 6.06. The SMILES string of the molecule is Cc1ccccc1C(O)CN1CCC(Cn2sc3ccccc3[nH]c3ccccc32)CC1. The number of aliphatic hydroxyl groups excluding tert-OH is 1. The van der Waals surface area contributed by atoms with Crippen LogP contribution in [0.1, 0.15) is 30.1 Å². The number of hydrogen-bond acceptors (Lipinski definition) is 3. The van der Waals surface area contributed by atoms with Crippen LogP contribution in [0.15, 0.2) is 72.8 Å². The van der Waals surface area contributed by atoms with Crippen molar-refractivity contribution < 1.29 is 5.11 Å². The van der Waals surface area contributed by atoms with Crippen molar-refractivity contribution in [3.8, 4) is 0 Å². The molecule has 0 amide bonds. The second-order valence-electron chi connectivity index (χ2n) is 8.91. The van der Waals surface area contributed by atoms with Crippen LogP contribution in [0.5, 0.6) is 0 Å². The molecule has 5 rings (SSSR count). The molecular weight excluding hydrogens is 414 g/mol. The molecular formula is C27H31N3OS. The average Bonchev–Trinajstić information content (AvgIpc) is 2.97. The first-order chi connectivity index (χ1) is 15.7.